The lowest BCUT2D eigenvalue weighted by Crippen LogP contribution is -2.23. The second-order valence-electron chi connectivity index (χ2n) is 7.33. The van der Waals surface area contributed by atoms with E-state index >= 15 is 0 Å². The first-order chi connectivity index (χ1) is 15.5. The predicted octanol–water partition coefficient (Wildman–Crippen LogP) is 6.22. The molecule has 3 aromatic rings. The first kappa shape index (κ1) is 24.2. The summed E-state index contributed by atoms with van der Waals surface area (Å²) < 4.78 is 43.5. The van der Waals surface area contributed by atoms with Crippen LogP contribution in [-0.4, -0.2) is 16.9 Å². The van der Waals surface area contributed by atoms with Crippen molar-refractivity contribution in [2.45, 2.75) is 33.6 Å². The Hall–Kier alpha value is -3.46. The summed E-state index contributed by atoms with van der Waals surface area (Å²) in [6, 6.07) is 10.4. The molecule has 0 saturated heterocycles. The van der Waals surface area contributed by atoms with Crippen LogP contribution in [0, 0.1) is 13.8 Å². The van der Waals surface area contributed by atoms with E-state index in [1.807, 2.05) is 32.0 Å². The quantitative estimate of drug-likeness (QED) is 0.314. The zero-order valence-corrected chi connectivity index (χ0v) is 19.0. The van der Waals surface area contributed by atoms with E-state index < -0.39 is 17.7 Å². The number of aryl methyl sites for hydroxylation is 2. The Morgan fingerprint density at radius 1 is 1.15 bits per heavy atom. The first-order valence-electron chi connectivity index (χ1n) is 9.89. The van der Waals surface area contributed by atoms with Crippen LogP contribution >= 0.6 is 11.3 Å². The molecule has 33 heavy (non-hydrogen) atoms. The molecule has 0 aliphatic heterocycles. The number of halogens is 3. The van der Waals surface area contributed by atoms with Gasteiger partial charge in [0, 0.05) is 18.4 Å². The summed E-state index contributed by atoms with van der Waals surface area (Å²) in [6.45, 7) is 5.18. The van der Waals surface area contributed by atoms with E-state index in [9.17, 15) is 22.8 Å². The van der Waals surface area contributed by atoms with E-state index in [0.29, 0.717) is 10.8 Å². The van der Waals surface area contributed by atoms with Crippen molar-refractivity contribution in [2.75, 3.05) is 4.90 Å². The lowest BCUT2D eigenvalue weighted by atomic mass is 10.1. The molecule has 0 fully saturated rings. The van der Waals surface area contributed by atoms with Crippen molar-refractivity contribution in [3.8, 4) is 0 Å². The van der Waals surface area contributed by atoms with Gasteiger partial charge in [-0.3, -0.25) is 9.69 Å². The molecular weight excluding hydrogens is 453 g/mol. The zero-order valence-electron chi connectivity index (χ0n) is 18.1. The maximum atomic E-state index is 12.8. The van der Waals surface area contributed by atoms with E-state index in [1.54, 1.807) is 5.38 Å². The second kappa shape index (κ2) is 9.99. The van der Waals surface area contributed by atoms with Gasteiger partial charge in [0.05, 0.1) is 16.9 Å². The van der Waals surface area contributed by atoms with Crippen molar-refractivity contribution in [3.05, 3.63) is 81.9 Å². The number of aromatic nitrogens is 1. The minimum absolute atomic E-state index is 0.138. The van der Waals surface area contributed by atoms with Crippen LogP contribution in [0.1, 0.15) is 34.9 Å². The number of alkyl halides is 3. The molecule has 0 aliphatic carbocycles. The predicted molar refractivity (Wildman–Crippen MR) is 121 cm³/mol. The number of rotatable bonds is 6. The smallest absolute Gasteiger partial charge is 0.416 e. The molecule has 0 saturated carbocycles. The van der Waals surface area contributed by atoms with Gasteiger partial charge in [-0.2, -0.15) is 13.2 Å². The summed E-state index contributed by atoms with van der Waals surface area (Å²) >= 11 is 1.24. The number of amides is 1. The molecule has 3 rings (SSSR count). The number of nitrogens with zero attached hydrogens (tertiary/aromatic N) is 2. The van der Waals surface area contributed by atoms with E-state index in [-0.39, 0.29) is 18.1 Å². The van der Waals surface area contributed by atoms with Gasteiger partial charge in [-0.05, 0) is 49.2 Å². The average Bonchev–Trinajstić information content (AvgIpc) is 3.20. The lowest BCUT2D eigenvalue weighted by Gasteiger charge is -2.20. The lowest BCUT2D eigenvalue weighted by molar-refractivity contribution is -0.139. The highest BCUT2D eigenvalue weighted by atomic mass is 32.1. The van der Waals surface area contributed by atoms with Gasteiger partial charge in [0.2, 0.25) is 5.91 Å². The SMILES string of the molecule is CC(=O)N(c1nc(COC(=O)/C=C/c2cccc(C(F)(F)F)c2)cs1)c1ccc(C)cc1C. The average molecular weight is 475 g/mol. The summed E-state index contributed by atoms with van der Waals surface area (Å²) in [4.78, 5) is 30.2. The van der Waals surface area contributed by atoms with E-state index in [1.165, 1.54) is 41.4 Å². The molecule has 1 heterocycles. The molecule has 2 aromatic carbocycles. The number of ether oxygens (including phenoxy) is 1. The van der Waals surface area contributed by atoms with Crippen molar-refractivity contribution >= 4 is 40.1 Å². The summed E-state index contributed by atoms with van der Waals surface area (Å²) in [7, 11) is 0. The minimum atomic E-state index is -4.46. The third kappa shape index (κ3) is 6.29. The van der Waals surface area contributed by atoms with E-state index in [4.69, 9.17) is 4.74 Å². The maximum Gasteiger partial charge on any atom is 0.416 e. The van der Waals surface area contributed by atoms with Crippen LogP contribution in [0.15, 0.2) is 53.9 Å². The number of hydrogen-bond acceptors (Lipinski definition) is 5. The van der Waals surface area contributed by atoms with Gasteiger partial charge in [-0.25, -0.2) is 9.78 Å². The van der Waals surface area contributed by atoms with Gasteiger partial charge in [-0.15, -0.1) is 11.3 Å². The van der Waals surface area contributed by atoms with Crippen molar-refractivity contribution < 1.29 is 27.5 Å². The molecule has 0 radical (unpaired) electrons. The third-order valence-corrected chi connectivity index (χ3v) is 5.50. The molecule has 0 N–H and O–H groups in total. The molecular formula is C24H21F3N2O3S. The molecule has 0 aliphatic rings. The summed E-state index contributed by atoms with van der Waals surface area (Å²) in [5.41, 5.74) is 2.59. The van der Waals surface area contributed by atoms with Gasteiger partial charge >= 0.3 is 12.1 Å². The van der Waals surface area contributed by atoms with Crippen LogP contribution < -0.4 is 4.90 Å². The molecule has 5 nitrogen and oxygen atoms in total. The molecule has 1 aromatic heterocycles. The Bertz CT molecular complexity index is 1200. The topological polar surface area (TPSA) is 59.5 Å². The fourth-order valence-corrected chi connectivity index (χ4v) is 3.97. The van der Waals surface area contributed by atoms with E-state index in [0.717, 1.165) is 35.0 Å². The Morgan fingerprint density at radius 3 is 2.58 bits per heavy atom. The molecule has 0 bridgehead atoms. The molecule has 0 unspecified atom stereocenters. The Labute approximate surface area is 193 Å². The summed E-state index contributed by atoms with van der Waals surface area (Å²) in [6.07, 6.45) is -2.15. The van der Waals surface area contributed by atoms with Crippen LogP contribution in [-0.2, 0) is 27.1 Å². The number of carbonyl (C=O) groups is 2. The highest BCUT2D eigenvalue weighted by molar-refractivity contribution is 7.14. The standard InChI is InChI=1S/C24H21F3N2O3S/c1-15-7-9-21(16(2)11-15)29(17(3)30)23-28-20(14-33-23)13-32-22(31)10-8-18-5-4-6-19(12-18)24(25,26)27/h4-12,14H,13H2,1-3H3/b10-8+. The van der Waals surface area contributed by atoms with Gasteiger partial charge in [-0.1, -0.05) is 29.8 Å². The fraction of sp³-hybridized carbons (Fsp3) is 0.208. The monoisotopic (exact) mass is 474 g/mol. The third-order valence-electron chi connectivity index (χ3n) is 4.63. The molecule has 9 heteroatoms. The molecule has 0 spiro atoms. The van der Waals surface area contributed by atoms with Crippen LogP contribution in [0.4, 0.5) is 24.0 Å². The maximum absolute atomic E-state index is 12.8. The second-order valence-corrected chi connectivity index (χ2v) is 8.17. The Morgan fingerprint density at radius 2 is 1.91 bits per heavy atom. The van der Waals surface area contributed by atoms with Gasteiger partial charge in [0.15, 0.2) is 5.13 Å². The fourth-order valence-electron chi connectivity index (χ4n) is 3.11. The largest absolute Gasteiger partial charge is 0.456 e. The van der Waals surface area contributed by atoms with Gasteiger partial charge in [0.25, 0.3) is 0 Å². The number of esters is 1. The number of thiazole rings is 1. The Balaban J connectivity index is 1.66. The van der Waals surface area contributed by atoms with Gasteiger partial charge in [0.1, 0.15) is 6.61 Å². The van der Waals surface area contributed by atoms with E-state index in [2.05, 4.69) is 4.98 Å². The van der Waals surface area contributed by atoms with Crippen molar-refractivity contribution in [1.82, 2.24) is 4.98 Å². The highest BCUT2D eigenvalue weighted by Gasteiger charge is 2.30. The number of carbonyl (C=O) groups excluding carboxylic acids is 2. The summed E-state index contributed by atoms with van der Waals surface area (Å²) in [5.74, 6) is -0.927. The molecule has 172 valence electrons. The molecule has 1 amide bonds. The number of benzene rings is 2. The first-order valence-corrected chi connectivity index (χ1v) is 10.8. The Kier molecular flexibility index (Phi) is 7.33. The number of hydrogen-bond donors (Lipinski definition) is 0. The normalized spacial score (nSPS) is 11.6. The van der Waals surface area contributed by atoms with Gasteiger partial charge < -0.3 is 4.74 Å². The van der Waals surface area contributed by atoms with Crippen LogP contribution in [0.3, 0.4) is 0 Å². The minimum Gasteiger partial charge on any atom is -0.456 e. The highest BCUT2D eigenvalue weighted by Crippen LogP contribution is 2.32. The summed E-state index contributed by atoms with van der Waals surface area (Å²) in [5, 5.41) is 2.12. The van der Waals surface area contributed by atoms with Crippen LogP contribution in [0.25, 0.3) is 6.08 Å². The van der Waals surface area contributed by atoms with Crippen LogP contribution in [0.5, 0.6) is 0 Å². The number of anilines is 2. The van der Waals surface area contributed by atoms with Crippen molar-refractivity contribution in [1.29, 1.82) is 0 Å². The molecule has 0 atom stereocenters. The van der Waals surface area contributed by atoms with Crippen molar-refractivity contribution in [3.63, 3.8) is 0 Å². The van der Waals surface area contributed by atoms with Crippen LogP contribution in [0.2, 0.25) is 0 Å². The zero-order chi connectivity index (χ0) is 24.2. The van der Waals surface area contributed by atoms with Crippen molar-refractivity contribution in [2.24, 2.45) is 0 Å².